The van der Waals surface area contributed by atoms with E-state index >= 15 is 0 Å². The average Bonchev–Trinajstić information content (AvgIpc) is 2.91. The fourth-order valence-corrected chi connectivity index (χ4v) is 3.98. The van der Waals surface area contributed by atoms with E-state index in [1.54, 1.807) is 0 Å². The van der Waals surface area contributed by atoms with E-state index in [-0.39, 0.29) is 0 Å². The summed E-state index contributed by atoms with van der Waals surface area (Å²) in [6, 6.07) is 3.46. The zero-order chi connectivity index (χ0) is 14.8. The minimum absolute atomic E-state index is 0.536. The Kier molecular flexibility index (Phi) is 4.82. The quantitative estimate of drug-likeness (QED) is 0.902. The maximum Gasteiger partial charge on any atom is 0.133 e. The molecule has 0 amide bonds. The fraction of sp³-hybridized carbons (Fsp3) is 0.688. The van der Waals surface area contributed by atoms with Crippen LogP contribution >= 0.6 is 15.9 Å². The lowest BCUT2D eigenvalue weighted by molar-refractivity contribution is 0.202. The zero-order valence-electron chi connectivity index (χ0n) is 13.0. The van der Waals surface area contributed by atoms with Gasteiger partial charge in [-0.25, -0.2) is 4.98 Å². The molecule has 2 unspecified atom stereocenters. The van der Waals surface area contributed by atoms with Gasteiger partial charge in [0.15, 0.2) is 0 Å². The molecule has 2 aliphatic heterocycles. The van der Waals surface area contributed by atoms with Crippen molar-refractivity contribution < 1.29 is 0 Å². The second-order valence-electron chi connectivity index (χ2n) is 6.21. The van der Waals surface area contributed by atoms with Crippen LogP contribution in [-0.2, 0) is 6.54 Å². The first-order valence-electron chi connectivity index (χ1n) is 8.05. The molecule has 2 aliphatic rings. The second-order valence-corrected chi connectivity index (χ2v) is 7.12. The number of fused-ring (bicyclic) bond motifs is 1. The van der Waals surface area contributed by atoms with Crippen molar-refractivity contribution in [1.82, 2.24) is 15.2 Å². The lowest BCUT2D eigenvalue weighted by atomic mass is 10.1. The van der Waals surface area contributed by atoms with Crippen molar-refractivity contribution in [2.75, 3.05) is 31.1 Å². The summed E-state index contributed by atoms with van der Waals surface area (Å²) in [7, 11) is 0. The van der Waals surface area contributed by atoms with Crippen molar-refractivity contribution >= 4 is 21.7 Å². The topological polar surface area (TPSA) is 31.4 Å². The van der Waals surface area contributed by atoms with Crippen LogP contribution in [0.4, 0.5) is 5.82 Å². The van der Waals surface area contributed by atoms with Crippen LogP contribution < -0.4 is 10.2 Å². The van der Waals surface area contributed by atoms with Crippen LogP contribution in [0.1, 0.15) is 32.3 Å². The Hall–Kier alpha value is -0.650. The van der Waals surface area contributed by atoms with Gasteiger partial charge in [-0.05, 0) is 54.9 Å². The van der Waals surface area contributed by atoms with Crippen LogP contribution in [0.15, 0.2) is 16.7 Å². The number of halogens is 1. The maximum atomic E-state index is 4.74. The van der Waals surface area contributed by atoms with Gasteiger partial charge in [0.2, 0.25) is 0 Å². The molecule has 4 nitrogen and oxygen atoms in total. The predicted molar refractivity (Wildman–Crippen MR) is 90.7 cm³/mol. The molecule has 1 N–H and O–H groups in total. The van der Waals surface area contributed by atoms with E-state index in [1.165, 1.54) is 37.3 Å². The zero-order valence-corrected chi connectivity index (χ0v) is 14.6. The molecule has 21 heavy (non-hydrogen) atoms. The third-order valence-electron chi connectivity index (χ3n) is 4.68. The van der Waals surface area contributed by atoms with Gasteiger partial charge in [0.1, 0.15) is 5.82 Å². The van der Waals surface area contributed by atoms with Crippen molar-refractivity contribution in [3.8, 4) is 0 Å². The fourth-order valence-electron chi connectivity index (χ4n) is 3.60. The molecule has 116 valence electrons. The molecule has 0 aromatic carbocycles. The molecule has 0 bridgehead atoms. The number of nitrogens with one attached hydrogen (secondary N) is 1. The van der Waals surface area contributed by atoms with Crippen LogP contribution in [0.2, 0.25) is 0 Å². The Bertz CT molecular complexity index is 493. The normalized spacial score (nSPS) is 26.1. The van der Waals surface area contributed by atoms with Crippen molar-refractivity contribution in [1.29, 1.82) is 0 Å². The lowest BCUT2D eigenvalue weighted by Gasteiger charge is -2.43. The van der Waals surface area contributed by atoms with E-state index in [4.69, 9.17) is 4.98 Å². The molecule has 0 saturated carbocycles. The van der Waals surface area contributed by atoms with E-state index in [0.29, 0.717) is 6.04 Å². The number of aromatic nitrogens is 1. The van der Waals surface area contributed by atoms with Crippen LogP contribution in [0.5, 0.6) is 0 Å². The monoisotopic (exact) mass is 352 g/mol. The summed E-state index contributed by atoms with van der Waals surface area (Å²) in [6.07, 6.45) is 4.62. The maximum absolute atomic E-state index is 4.74. The molecule has 2 atom stereocenters. The molecule has 5 heteroatoms. The highest BCUT2D eigenvalue weighted by atomic mass is 79.9. The highest BCUT2D eigenvalue weighted by Gasteiger charge is 2.35. The Morgan fingerprint density at radius 2 is 2.29 bits per heavy atom. The van der Waals surface area contributed by atoms with E-state index in [2.05, 4.69) is 51.0 Å². The van der Waals surface area contributed by atoms with Gasteiger partial charge in [-0.2, -0.15) is 0 Å². The summed E-state index contributed by atoms with van der Waals surface area (Å²) in [5.41, 5.74) is 1.30. The molecular formula is C16H25BrN4. The molecule has 2 fully saturated rings. The molecule has 3 rings (SSSR count). The summed E-state index contributed by atoms with van der Waals surface area (Å²) < 4.78 is 1.06. The highest BCUT2D eigenvalue weighted by Crippen LogP contribution is 2.30. The minimum atomic E-state index is 0.536. The number of hydrogen-bond donors (Lipinski definition) is 1. The Balaban J connectivity index is 1.84. The molecule has 1 aromatic rings. The van der Waals surface area contributed by atoms with Gasteiger partial charge < -0.3 is 10.2 Å². The van der Waals surface area contributed by atoms with E-state index in [1.807, 2.05) is 6.20 Å². The van der Waals surface area contributed by atoms with Crippen molar-refractivity contribution in [2.24, 2.45) is 0 Å². The third kappa shape index (κ3) is 3.25. The lowest BCUT2D eigenvalue weighted by Crippen LogP contribution is -2.55. The molecule has 0 radical (unpaired) electrons. The Morgan fingerprint density at radius 3 is 3.10 bits per heavy atom. The number of pyridine rings is 1. The molecule has 1 aromatic heterocycles. The molecule has 0 spiro atoms. The summed E-state index contributed by atoms with van der Waals surface area (Å²) in [5.74, 6) is 1.16. The van der Waals surface area contributed by atoms with Crippen molar-refractivity contribution in [2.45, 2.75) is 45.3 Å². The van der Waals surface area contributed by atoms with Crippen LogP contribution in [-0.4, -0.2) is 48.1 Å². The number of hydrogen-bond acceptors (Lipinski definition) is 4. The minimum Gasteiger partial charge on any atom is -0.351 e. The van der Waals surface area contributed by atoms with Gasteiger partial charge in [0.25, 0.3) is 0 Å². The molecule has 3 heterocycles. The van der Waals surface area contributed by atoms with Gasteiger partial charge in [0.05, 0.1) is 0 Å². The summed E-state index contributed by atoms with van der Waals surface area (Å²) in [6.45, 7) is 9.91. The van der Waals surface area contributed by atoms with Crippen LogP contribution in [0.3, 0.4) is 0 Å². The molecule has 0 aliphatic carbocycles. The second kappa shape index (κ2) is 6.63. The van der Waals surface area contributed by atoms with Gasteiger partial charge in [-0.1, -0.05) is 6.92 Å². The van der Waals surface area contributed by atoms with E-state index in [0.717, 1.165) is 30.1 Å². The van der Waals surface area contributed by atoms with Gasteiger partial charge >= 0.3 is 0 Å². The number of anilines is 1. The number of nitrogens with zero attached hydrogens (tertiary/aromatic N) is 3. The molecular weight excluding hydrogens is 328 g/mol. The number of piperazine rings is 1. The third-order valence-corrected chi connectivity index (χ3v) is 5.12. The average molecular weight is 353 g/mol. The van der Waals surface area contributed by atoms with Crippen LogP contribution in [0.25, 0.3) is 0 Å². The Morgan fingerprint density at radius 1 is 1.43 bits per heavy atom. The van der Waals surface area contributed by atoms with Crippen molar-refractivity contribution in [3.05, 3.63) is 22.3 Å². The Labute approximate surface area is 136 Å². The first-order valence-corrected chi connectivity index (χ1v) is 8.84. The SMILES string of the molecule is CCNCc1cc(Br)cnc1N1CC2CCCN2CC1C. The standard InChI is InChI=1S/C16H25BrN4/c1-3-18-8-13-7-14(17)9-19-16(13)21-11-15-5-4-6-20(15)10-12(21)2/h7,9,12,15,18H,3-6,8,10-11H2,1-2H3. The highest BCUT2D eigenvalue weighted by molar-refractivity contribution is 9.10. The van der Waals surface area contributed by atoms with Crippen LogP contribution in [0, 0.1) is 0 Å². The van der Waals surface area contributed by atoms with E-state index in [9.17, 15) is 0 Å². The first kappa shape index (κ1) is 15.3. The van der Waals surface area contributed by atoms with Gasteiger partial charge in [-0.15, -0.1) is 0 Å². The van der Waals surface area contributed by atoms with Crippen molar-refractivity contribution in [3.63, 3.8) is 0 Å². The first-order chi connectivity index (χ1) is 10.2. The predicted octanol–water partition coefficient (Wildman–Crippen LogP) is 2.63. The van der Waals surface area contributed by atoms with Gasteiger partial charge in [0, 0.05) is 48.0 Å². The summed E-state index contributed by atoms with van der Waals surface area (Å²) in [4.78, 5) is 9.92. The largest absolute Gasteiger partial charge is 0.351 e. The smallest absolute Gasteiger partial charge is 0.133 e. The summed E-state index contributed by atoms with van der Waals surface area (Å²) in [5, 5.41) is 3.43. The van der Waals surface area contributed by atoms with E-state index < -0.39 is 0 Å². The number of rotatable bonds is 4. The summed E-state index contributed by atoms with van der Waals surface area (Å²) >= 11 is 3.56. The van der Waals surface area contributed by atoms with Gasteiger partial charge in [-0.3, -0.25) is 4.90 Å². The molecule has 2 saturated heterocycles.